The van der Waals surface area contributed by atoms with Crippen LogP contribution in [-0.4, -0.2) is 36.9 Å². The Morgan fingerprint density at radius 2 is 1.12 bits per heavy atom. The Balaban J connectivity index is 2.93. The molecule has 0 aromatic heterocycles. The minimum absolute atomic E-state index is 0.475. The molecule has 0 rings (SSSR count). The summed E-state index contributed by atoms with van der Waals surface area (Å²) in [5.74, 6) is 0. The van der Waals surface area contributed by atoms with Gasteiger partial charge < -0.3 is 9.47 Å². The van der Waals surface area contributed by atoms with E-state index >= 15 is 0 Å². The summed E-state index contributed by atoms with van der Waals surface area (Å²) in [6.45, 7) is 7.27. The molecule has 0 fully saturated rings. The summed E-state index contributed by atoms with van der Waals surface area (Å²) in [5.41, 5.74) is 0. The minimum Gasteiger partial charge on any atom is -0.379 e. The predicted octanol–water partition coefficient (Wildman–Crippen LogP) is 3.22. The molecule has 0 amide bonds. The second-order valence-corrected chi connectivity index (χ2v) is 5.97. The van der Waals surface area contributed by atoms with E-state index in [-0.39, 0.29) is 0 Å². The molecular weight excluding hydrogens is 240 g/mol. The Morgan fingerprint density at radius 3 is 1.44 bits per heavy atom. The monoisotopic (exact) mass is 266 g/mol. The van der Waals surface area contributed by atoms with Gasteiger partial charge in [-0.3, -0.25) is 0 Å². The molecule has 0 aliphatic rings. The van der Waals surface area contributed by atoms with Gasteiger partial charge in [-0.25, -0.2) is 0 Å². The summed E-state index contributed by atoms with van der Waals surface area (Å²) in [6.07, 6.45) is 4.40. The fourth-order valence-electron chi connectivity index (χ4n) is 1.28. The summed E-state index contributed by atoms with van der Waals surface area (Å²) in [4.78, 5) is 0. The Labute approximate surface area is 111 Å². The number of rotatable bonds is 11. The molecule has 0 N–H and O–H groups in total. The SMILES string of the molecule is CC(S)CCCOCCOCCCC(C)S. The van der Waals surface area contributed by atoms with Gasteiger partial charge in [0, 0.05) is 13.2 Å². The highest BCUT2D eigenvalue weighted by atomic mass is 32.1. The highest BCUT2D eigenvalue weighted by Gasteiger charge is 1.96. The first-order valence-electron chi connectivity index (χ1n) is 6.14. The average molecular weight is 266 g/mol. The van der Waals surface area contributed by atoms with Gasteiger partial charge in [0.1, 0.15) is 0 Å². The third-order valence-corrected chi connectivity index (χ3v) is 2.71. The van der Waals surface area contributed by atoms with Gasteiger partial charge in [0.15, 0.2) is 0 Å². The van der Waals surface area contributed by atoms with Crippen molar-refractivity contribution < 1.29 is 9.47 Å². The zero-order chi connectivity index (χ0) is 12.2. The maximum atomic E-state index is 5.44. The quantitative estimate of drug-likeness (QED) is 0.442. The van der Waals surface area contributed by atoms with Gasteiger partial charge in [0.05, 0.1) is 13.2 Å². The standard InChI is InChI=1S/C12H26O2S2/c1-11(15)5-3-7-13-9-10-14-8-4-6-12(2)16/h11-12,15-16H,3-10H2,1-2H3. The highest BCUT2D eigenvalue weighted by molar-refractivity contribution is 7.81. The Bertz CT molecular complexity index is 125. The van der Waals surface area contributed by atoms with Crippen LogP contribution in [0.25, 0.3) is 0 Å². The van der Waals surface area contributed by atoms with E-state index in [0.717, 1.165) is 38.9 Å². The third-order valence-electron chi connectivity index (χ3n) is 2.19. The zero-order valence-corrected chi connectivity index (χ0v) is 12.3. The van der Waals surface area contributed by atoms with Crippen LogP contribution in [0.4, 0.5) is 0 Å². The summed E-state index contributed by atoms with van der Waals surface area (Å²) in [5, 5.41) is 0.950. The van der Waals surface area contributed by atoms with Crippen LogP contribution in [-0.2, 0) is 9.47 Å². The van der Waals surface area contributed by atoms with E-state index in [0.29, 0.717) is 23.7 Å². The molecule has 0 aliphatic heterocycles. The molecule has 0 aromatic rings. The topological polar surface area (TPSA) is 18.5 Å². The number of hydrogen-bond acceptors (Lipinski definition) is 4. The van der Waals surface area contributed by atoms with E-state index in [1.807, 2.05) is 0 Å². The van der Waals surface area contributed by atoms with Crippen LogP contribution >= 0.6 is 25.3 Å². The molecule has 0 radical (unpaired) electrons. The van der Waals surface area contributed by atoms with Crippen molar-refractivity contribution in [1.82, 2.24) is 0 Å². The predicted molar refractivity (Wildman–Crippen MR) is 77.0 cm³/mol. The normalized spacial score (nSPS) is 15.0. The van der Waals surface area contributed by atoms with Gasteiger partial charge in [-0.15, -0.1) is 0 Å². The van der Waals surface area contributed by atoms with Crippen molar-refractivity contribution in [2.45, 2.75) is 50.0 Å². The van der Waals surface area contributed by atoms with Crippen molar-refractivity contribution in [3.05, 3.63) is 0 Å². The molecule has 2 unspecified atom stereocenters. The van der Waals surface area contributed by atoms with Crippen LogP contribution in [0.1, 0.15) is 39.5 Å². The molecule has 2 nitrogen and oxygen atoms in total. The van der Waals surface area contributed by atoms with Gasteiger partial charge >= 0.3 is 0 Å². The van der Waals surface area contributed by atoms with E-state index in [1.165, 1.54) is 0 Å². The lowest BCUT2D eigenvalue weighted by Crippen LogP contribution is -2.07. The molecule has 16 heavy (non-hydrogen) atoms. The first-order chi connectivity index (χ1) is 7.63. The van der Waals surface area contributed by atoms with Crippen LogP contribution in [0.2, 0.25) is 0 Å². The molecule has 98 valence electrons. The van der Waals surface area contributed by atoms with Gasteiger partial charge in [-0.05, 0) is 36.2 Å². The van der Waals surface area contributed by atoms with Crippen molar-refractivity contribution >= 4 is 25.3 Å². The lowest BCUT2D eigenvalue weighted by Gasteiger charge is -2.07. The Hall–Kier alpha value is 0.620. The summed E-state index contributed by atoms with van der Waals surface area (Å²) in [7, 11) is 0. The molecule has 0 saturated carbocycles. The third kappa shape index (κ3) is 14.6. The van der Waals surface area contributed by atoms with E-state index in [2.05, 4.69) is 39.1 Å². The first kappa shape index (κ1) is 16.6. The highest BCUT2D eigenvalue weighted by Crippen LogP contribution is 2.03. The van der Waals surface area contributed by atoms with Crippen LogP contribution in [0.3, 0.4) is 0 Å². The van der Waals surface area contributed by atoms with E-state index in [1.54, 1.807) is 0 Å². The molecule has 0 aromatic carbocycles. The lowest BCUT2D eigenvalue weighted by atomic mass is 10.2. The molecule has 0 bridgehead atoms. The van der Waals surface area contributed by atoms with Crippen molar-refractivity contribution in [3.8, 4) is 0 Å². The van der Waals surface area contributed by atoms with E-state index in [9.17, 15) is 0 Å². The summed E-state index contributed by atoms with van der Waals surface area (Å²) >= 11 is 8.62. The average Bonchev–Trinajstić information content (AvgIpc) is 2.20. The Morgan fingerprint density at radius 1 is 0.750 bits per heavy atom. The second-order valence-electron chi connectivity index (χ2n) is 4.21. The van der Waals surface area contributed by atoms with Crippen LogP contribution in [0.15, 0.2) is 0 Å². The Kier molecular flexibility index (Phi) is 12.6. The van der Waals surface area contributed by atoms with Crippen LogP contribution in [0.5, 0.6) is 0 Å². The summed E-state index contributed by atoms with van der Waals surface area (Å²) < 4.78 is 10.9. The molecule has 0 saturated heterocycles. The lowest BCUT2D eigenvalue weighted by molar-refractivity contribution is 0.0452. The van der Waals surface area contributed by atoms with Crippen LogP contribution < -0.4 is 0 Å². The molecule has 0 aliphatic carbocycles. The molecule has 0 heterocycles. The number of ether oxygens (including phenoxy) is 2. The van der Waals surface area contributed by atoms with Crippen molar-refractivity contribution in [2.24, 2.45) is 0 Å². The number of hydrogen-bond donors (Lipinski definition) is 2. The zero-order valence-electron chi connectivity index (χ0n) is 10.5. The maximum absolute atomic E-state index is 5.44. The molecular formula is C12H26O2S2. The van der Waals surface area contributed by atoms with Crippen molar-refractivity contribution in [2.75, 3.05) is 26.4 Å². The molecule has 2 atom stereocenters. The fourth-order valence-corrected chi connectivity index (χ4v) is 1.65. The van der Waals surface area contributed by atoms with Crippen molar-refractivity contribution in [1.29, 1.82) is 0 Å². The summed E-state index contributed by atoms with van der Waals surface area (Å²) in [6, 6.07) is 0. The molecule has 0 spiro atoms. The number of thiol groups is 2. The van der Waals surface area contributed by atoms with Gasteiger partial charge in [0.2, 0.25) is 0 Å². The molecule has 4 heteroatoms. The second kappa shape index (κ2) is 12.1. The van der Waals surface area contributed by atoms with Gasteiger partial charge in [-0.2, -0.15) is 25.3 Å². The first-order valence-corrected chi connectivity index (χ1v) is 7.18. The fraction of sp³-hybridized carbons (Fsp3) is 1.00. The van der Waals surface area contributed by atoms with E-state index < -0.39 is 0 Å². The minimum atomic E-state index is 0.475. The maximum Gasteiger partial charge on any atom is 0.0700 e. The van der Waals surface area contributed by atoms with Gasteiger partial charge in [-0.1, -0.05) is 13.8 Å². The van der Waals surface area contributed by atoms with Crippen LogP contribution in [0, 0.1) is 0 Å². The van der Waals surface area contributed by atoms with E-state index in [4.69, 9.17) is 9.47 Å². The smallest absolute Gasteiger partial charge is 0.0700 e. The largest absolute Gasteiger partial charge is 0.379 e. The van der Waals surface area contributed by atoms with Gasteiger partial charge in [0.25, 0.3) is 0 Å². The van der Waals surface area contributed by atoms with Crippen molar-refractivity contribution in [3.63, 3.8) is 0 Å².